The topological polar surface area (TPSA) is 198 Å². The van der Waals surface area contributed by atoms with Crippen molar-refractivity contribution in [3.8, 4) is 0 Å². The van der Waals surface area contributed by atoms with Gasteiger partial charge in [-0.1, -0.05) is 25.1 Å². The third kappa shape index (κ3) is 8.91. The Bertz CT molecular complexity index is 1650. The Kier molecular flexibility index (Phi) is 11.4. The number of amides is 2. The van der Waals surface area contributed by atoms with Gasteiger partial charge in [0.2, 0.25) is 11.8 Å². The Labute approximate surface area is 266 Å². The maximum atomic E-state index is 13.4. The largest absolute Gasteiger partial charge is 0.382 e. The summed E-state index contributed by atoms with van der Waals surface area (Å²) in [6.07, 6.45) is 4.61. The van der Waals surface area contributed by atoms with Crippen LogP contribution < -0.4 is 15.5 Å². The third-order valence-electron chi connectivity index (χ3n) is 8.08. The van der Waals surface area contributed by atoms with Gasteiger partial charge in [0, 0.05) is 36.8 Å². The molecule has 45 heavy (non-hydrogen) atoms. The average Bonchev–Trinajstić information content (AvgIpc) is 3.44. The number of carbonyl (C=O) groups is 3. The summed E-state index contributed by atoms with van der Waals surface area (Å²) in [7, 11) is -2.50. The summed E-state index contributed by atoms with van der Waals surface area (Å²) in [6, 6.07) is 4.52. The molecule has 1 fully saturated rings. The van der Waals surface area contributed by atoms with Gasteiger partial charge in [0.15, 0.2) is 5.12 Å². The molecule has 14 nitrogen and oxygen atoms in total. The van der Waals surface area contributed by atoms with Gasteiger partial charge in [0.05, 0.1) is 38.9 Å². The fourth-order valence-corrected chi connectivity index (χ4v) is 6.31. The predicted octanol–water partition coefficient (Wildman–Crippen LogP) is 1.87. The number of aryl methyl sites for hydroxylation is 1. The number of ether oxygens (including phenoxy) is 1. The standard InChI is InChI=1S/C29H41N7O7S2/c1-4-5-6-23-33-26-20-17-19(7-8-21(20)32-28(30)27(26)34-23)36(2)13-11-35(12-14-36)29(39)22(18-45(40,41)42)31-24(37)9-15-43-16-10-25(38)44-3/h7-8,17,22H,4-6,9-16,18H2,1-3H3,(H4-,30,31,32,33,34,37,40,41,42)/p+1. The van der Waals surface area contributed by atoms with Gasteiger partial charge in [-0.05, 0) is 18.7 Å². The number of nitrogen functional groups attached to an aromatic ring is 1. The van der Waals surface area contributed by atoms with Gasteiger partial charge in [-0.15, -0.1) is 0 Å². The second-order valence-corrected chi connectivity index (χ2v) is 13.8. The van der Waals surface area contributed by atoms with Crippen LogP contribution in [0, 0.1) is 0 Å². The molecule has 2 aromatic heterocycles. The molecule has 1 aliphatic rings. The van der Waals surface area contributed by atoms with Crippen molar-refractivity contribution in [3.05, 3.63) is 24.0 Å². The zero-order valence-electron chi connectivity index (χ0n) is 25.9. The average molecular weight is 665 g/mol. The number of nitrogens with zero attached hydrogens (tertiary/aromatic N) is 4. The molecule has 3 heterocycles. The van der Waals surface area contributed by atoms with Crippen LogP contribution in [0.5, 0.6) is 0 Å². The number of piperazine rings is 1. The van der Waals surface area contributed by atoms with Crippen LogP contribution in [0.4, 0.5) is 11.5 Å². The van der Waals surface area contributed by atoms with E-state index < -0.39 is 33.7 Å². The molecule has 0 spiro atoms. The Hall–Kier alpha value is -3.31. The molecule has 0 bridgehead atoms. The summed E-state index contributed by atoms with van der Waals surface area (Å²) in [5.74, 6) is -0.861. The number of hydrogen-bond donors (Lipinski definition) is 4. The van der Waals surface area contributed by atoms with Gasteiger partial charge in [0.1, 0.15) is 53.2 Å². The summed E-state index contributed by atoms with van der Waals surface area (Å²) in [5.41, 5.74) is 9.46. The minimum Gasteiger partial charge on any atom is -0.382 e. The van der Waals surface area contributed by atoms with E-state index in [4.69, 9.17) is 15.5 Å². The van der Waals surface area contributed by atoms with Crippen molar-refractivity contribution < 1.29 is 32.1 Å². The van der Waals surface area contributed by atoms with E-state index in [1.165, 1.54) is 4.90 Å². The first-order valence-electron chi connectivity index (χ1n) is 14.9. The van der Waals surface area contributed by atoms with E-state index in [1.54, 1.807) is 6.26 Å². The van der Waals surface area contributed by atoms with Crippen molar-refractivity contribution in [2.45, 2.75) is 45.1 Å². The van der Waals surface area contributed by atoms with Crippen molar-refractivity contribution in [1.82, 2.24) is 29.7 Å². The number of pyridine rings is 1. The number of hydrogen-bond acceptors (Lipinski definition) is 10. The number of nitrogens with one attached hydrogen (secondary N) is 2. The van der Waals surface area contributed by atoms with Gasteiger partial charge >= 0.3 is 0 Å². The first kappa shape index (κ1) is 34.6. The highest BCUT2D eigenvalue weighted by Crippen LogP contribution is 2.32. The van der Waals surface area contributed by atoms with E-state index >= 15 is 0 Å². The maximum absolute atomic E-state index is 13.4. The normalized spacial score (nSPS) is 15.8. The van der Waals surface area contributed by atoms with Crippen molar-refractivity contribution in [3.63, 3.8) is 0 Å². The van der Waals surface area contributed by atoms with Crippen LogP contribution in [0.2, 0.25) is 0 Å². The van der Waals surface area contributed by atoms with Gasteiger partial charge in [0.25, 0.3) is 10.1 Å². The van der Waals surface area contributed by atoms with Crippen molar-refractivity contribution in [2.75, 3.05) is 64.2 Å². The highest BCUT2D eigenvalue weighted by molar-refractivity contribution is 8.13. The number of H-pyrrole nitrogens is 1. The summed E-state index contributed by atoms with van der Waals surface area (Å²) >= 11 is 1.09. The predicted molar refractivity (Wildman–Crippen MR) is 175 cm³/mol. The number of quaternary nitrogens is 1. The van der Waals surface area contributed by atoms with E-state index in [-0.39, 0.29) is 31.2 Å². The number of benzene rings is 1. The lowest BCUT2D eigenvalue weighted by Gasteiger charge is -2.42. The van der Waals surface area contributed by atoms with Gasteiger partial charge in [-0.2, -0.15) is 8.42 Å². The summed E-state index contributed by atoms with van der Waals surface area (Å²) in [4.78, 5) is 51.5. The number of likely N-dealkylation sites (N-methyl/N-ethyl adjacent to an activating group) is 1. The van der Waals surface area contributed by atoms with Crippen LogP contribution >= 0.6 is 11.8 Å². The van der Waals surface area contributed by atoms with Gasteiger partial charge in [-0.3, -0.25) is 23.4 Å². The zero-order valence-corrected chi connectivity index (χ0v) is 27.5. The molecule has 1 atom stereocenters. The van der Waals surface area contributed by atoms with Gasteiger partial charge in [-0.25, -0.2) is 9.97 Å². The highest BCUT2D eigenvalue weighted by Gasteiger charge is 2.37. The molecule has 3 aromatic rings. The van der Waals surface area contributed by atoms with Crippen LogP contribution in [0.3, 0.4) is 0 Å². The summed E-state index contributed by atoms with van der Waals surface area (Å²) in [6.45, 7) is 3.94. The third-order valence-corrected chi connectivity index (χ3v) is 9.49. The minimum absolute atomic E-state index is 0.00165. The van der Waals surface area contributed by atoms with Crippen molar-refractivity contribution >= 4 is 72.3 Å². The van der Waals surface area contributed by atoms with Crippen LogP contribution in [-0.2, 0) is 35.7 Å². The molecule has 1 aliphatic heterocycles. The molecule has 16 heteroatoms. The Balaban J connectivity index is 1.43. The Morgan fingerprint density at radius 3 is 2.58 bits per heavy atom. The van der Waals surface area contributed by atoms with Crippen LogP contribution in [0.15, 0.2) is 18.2 Å². The molecular weight excluding hydrogens is 622 g/mol. The second-order valence-electron chi connectivity index (χ2n) is 11.4. The van der Waals surface area contributed by atoms with Crippen LogP contribution in [-0.4, -0.2) is 114 Å². The SMILES string of the molecule is CCCCc1nc2c([nH]1)c(N)nc1ccc([N+]3(C)CCN(C(=O)C(CS(=O)(=O)O)NC(=O)CCOCCC(=O)SC)CC3)cc12. The number of rotatable bonds is 14. The number of nitrogens with two attached hydrogens (primary N) is 1. The molecule has 246 valence electrons. The molecule has 1 unspecified atom stereocenters. The molecule has 0 aliphatic carbocycles. The molecule has 2 amide bonds. The molecular formula is C29H42N7O7S2+. The number of aromatic amines is 1. The number of imidazole rings is 1. The fraction of sp³-hybridized carbons (Fsp3) is 0.552. The number of anilines is 1. The molecule has 0 radical (unpaired) electrons. The Morgan fingerprint density at radius 2 is 1.91 bits per heavy atom. The van der Waals surface area contributed by atoms with Crippen molar-refractivity contribution in [1.29, 1.82) is 0 Å². The number of unbranched alkanes of at least 4 members (excludes halogenated alkanes) is 1. The molecule has 5 N–H and O–H groups in total. The number of aromatic nitrogens is 3. The maximum Gasteiger partial charge on any atom is 0.267 e. The van der Waals surface area contributed by atoms with Crippen molar-refractivity contribution in [2.24, 2.45) is 0 Å². The lowest BCUT2D eigenvalue weighted by atomic mass is 10.1. The van der Waals surface area contributed by atoms with Crippen LogP contribution in [0.1, 0.15) is 38.4 Å². The lowest BCUT2D eigenvalue weighted by Crippen LogP contribution is -2.62. The minimum atomic E-state index is -4.57. The smallest absolute Gasteiger partial charge is 0.267 e. The first-order chi connectivity index (χ1) is 21.3. The first-order valence-corrected chi connectivity index (χ1v) is 17.8. The molecule has 1 saturated heterocycles. The van der Waals surface area contributed by atoms with E-state index in [0.717, 1.165) is 59.0 Å². The monoisotopic (exact) mass is 664 g/mol. The zero-order chi connectivity index (χ0) is 32.8. The van der Waals surface area contributed by atoms with E-state index in [2.05, 4.69) is 35.3 Å². The second kappa shape index (κ2) is 14.9. The molecule has 0 saturated carbocycles. The van der Waals surface area contributed by atoms with E-state index in [1.807, 2.05) is 12.1 Å². The number of thioether (sulfide) groups is 1. The van der Waals surface area contributed by atoms with E-state index in [9.17, 15) is 27.4 Å². The lowest BCUT2D eigenvalue weighted by molar-refractivity contribution is -0.137. The summed E-state index contributed by atoms with van der Waals surface area (Å²) in [5, 5.41) is 3.28. The van der Waals surface area contributed by atoms with Gasteiger partial charge < -0.3 is 25.7 Å². The molecule has 4 rings (SSSR count). The highest BCUT2D eigenvalue weighted by atomic mass is 32.2. The molecule has 1 aromatic carbocycles. The fourth-order valence-electron chi connectivity index (χ4n) is 5.38. The number of fused-ring (bicyclic) bond motifs is 3. The Morgan fingerprint density at radius 1 is 1.20 bits per heavy atom. The summed E-state index contributed by atoms with van der Waals surface area (Å²) < 4.78 is 38.7. The number of carbonyl (C=O) groups excluding carboxylic acids is 3. The van der Waals surface area contributed by atoms with E-state index in [0.29, 0.717) is 42.0 Å². The quantitative estimate of drug-likeness (QED) is 0.112. The van der Waals surface area contributed by atoms with Crippen LogP contribution in [0.25, 0.3) is 21.9 Å².